The van der Waals surface area contributed by atoms with Crippen molar-refractivity contribution in [2.24, 2.45) is 23.7 Å². The normalized spacial score (nSPS) is 22.9. The average molecular weight is 505 g/mol. The van der Waals surface area contributed by atoms with Crippen molar-refractivity contribution in [3.63, 3.8) is 0 Å². The Balaban J connectivity index is 1.49. The first-order valence-corrected chi connectivity index (χ1v) is 11.9. The summed E-state index contributed by atoms with van der Waals surface area (Å²) in [5.41, 5.74) is -2.96. The van der Waals surface area contributed by atoms with E-state index in [-0.39, 0.29) is 19.0 Å². The number of carbonyl (C=O) groups is 2. The molecule has 190 valence electrons. The number of piperidine rings is 1. The number of ether oxygens (including phenoxy) is 1. The predicted molar refractivity (Wildman–Crippen MR) is 122 cm³/mol. The van der Waals surface area contributed by atoms with Crippen molar-refractivity contribution in [1.29, 1.82) is 0 Å². The van der Waals surface area contributed by atoms with Crippen molar-refractivity contribution in [2.75, 3.05) is 33.8 Å². The van der Waals surface area contributed by atoms with Gasteiger partial charge in [0.25, 0.3) is 11.8 Å². The van der Waals surface area contributed by atoms with E-state index in [1.54, 1.807) is 32.3 Å². The zero-order valence-electron chi connectivity index (χ0n) is 19.9. The van der Waals surface area contributed by atoms with Crippen LogP contribution in [0.5, 0.6) is 5.75 Å². The van der Waals surface area contributed by atoms with E-state index < -0.39 is 23.6 Å². The van der Waals surface area contributed by atoms with Crippen LogP contribution in [0.1, 0.15) is 43.5 Å². The third-order valence-corrected chi connectivity index (χ3v) is 7.36. The lowest BCUT2D eigenvalue weighted by molar-refractivity contribution is -0.270. The summed E-state index contributed by atoms with van der Waals surface area (Å²) in [6.45, 7) is 3.30. The van der Waals surface area contributed by atoms with Gasteiger partial charge in [0.15, 0.2) is 0 Å². The maximum atomic E-state index is 13.4. The molecule has 1 aliphatic carbocycles. The molecule has 3 rings (SSSR count). The van der Waals surface area contributed by atoms with Gasteiger partial charge in [0.05, 0.1) is 17.2 Å². The molecule has 0 spiro atoms. The molecule has 10 heteroatoms. The number of carbonyl (C=O) groups excluding carboxylic acids is 2. The third-order valence-electron chi connectivity index (χ3n) is 7.04. The Kier molecular flexibility index (Phi) is 7.77. The minimum atomic E-state index is -5.02. The molecule has 1 saturated heterocycles. The van der Waals surface area contributed by atoms with Gasteiger partial charge < -0.3 is 19.6 Å². The standard InChI is InChI=1S/C24H32ClF3N2O4/c1-14(2)23(33,24(26,27)28)22(32)30-9-7-15(8-10-30)19-11-16(19)13-34-17-5-6-18(20(25)12-17)21(31)29(3)4/h5-6,12,14-16,19,33H,7-11,13H2,1-4H3/t16-,19-,23+/m0/s1. The van der Waals surface area contributed by atoms with Crippen LogP contribution in [0, 0.1) is 23.7 Å². The zero-order valence-corrected chi connectivity index (χ0v) is 20.6. The fraction of sp³-hybridized carbons (Fsp3) is 0.667. The number of benzene rings is 1. The van der Waals surface area contributed by atoms with Crippen LogP contribution < -0.4 is 4.74 Å². The van der Waals surface area contributed by atoms with Crippen molar-refractivity contribution in [3.05, 3.63) is 28.8 Å². The van der Waals surface area contributed by atoms with Crippen molar-refractivity contribution in [1.82, 2.24) is 9.80 Å². The quantitative estimate of drug-likeness (QED) is 0.603. The lowest BCUT2D eigenvalue weighted by Gasteiger charge is -2.40. The number of amides is 2. The summed E-state index contributed by atoms with van der Waals surface area (Å²) in [5, 5.41) is 10.5. The number of hydrogen-bond donors (Lipinski definition) is 1. The Bertz CT molecular complexity index is 916. The van der Waals surface area contributed by atoms with Gasteiger partial charge in [-0.05, 0) is 55.2 Å². The Hall–Kier alpha value is -2.00. The predicted octanol–water partition coefficient (Wildman–Crippen LogP) is 4.24. The molecule has 0 unspecified atom stereocenters. The maximum Gasteiger partial charge on any atom is 0.426 e. The summed E-state index contributed by atoms with van der Waals surface area (Å²) in [7, 11) is 3.30. The summed E-state index contributed by atoms with van der Waals surface area (Å²) >= 11 is 6.22. The van der Waals surface area contributed by atoms with E-state index in [4.69, 9.17) is 16.3 Å². The maximum absolute atomic E-state index is 13.4. The molecule has 1 aliphatic heterocycles. The van der Waals surface area contributed by atoms with Gasteiger partial charge in [0, 0.05) is 33.1 Å². The minimum absolute atomic E-state index is 0.189. The Labute approximate surface area is 203 Å². The van der Waals surface area contributed by atoms with E-state index in [0.717, 1.165) is 11.3 Å². The van der Waals surface area contributed by atoms with E-state index in [1.165, 1.54) is 18.7 Å². The fourth-order valence-corrected chi connectivity index (χ4v) is 4.96. The highest BCUT2D eigenvalue weighted by molar-refractivity contribution is 6.34. The van der Waals surface area contributed by atoms with Crippen LogP contribution in [0.15, 0.2) is 18.2 Å². The Morgan fingerprint density at radius 3 is 2.35 bits per heavy atom. The molecule has 2 fully saturated rings. The molecular weight excluding hydrogens is 473 g/mol. The minimum Gasteiger partial charge on any atom is -0.493 e. The van der Waals surface area contributed by atoms with Crippen molar-refractivity contribution < 1.29 is 32.6 Å². The highest BCUT2D eigenvalue weighted by atomic mass is 35.5. The molecule has 0 radical (unpaired) electrons. The second-order valence-corrected chi connectivity index (χ2v) is 10.3. The number of alkyl halides is 3. The molecule has 3 atom stereocenters. The number of halogens is 4. The Morgan fingerprint density at radius 1 is 1.24 bits per heavy atom. The van der Waals surface area contributed by atoms with Crippen LogP contribution in [0.4, 0.5) is 13.2 Å². The molecule has 34 heavy (non-hydrogen) atoms. The first-order chi connectivity index (χ1) is 15.8. The number of hydrogen-bond acceptors (Lipinski definition) is 4. The summed E-state index contributed by atoms with van der Waals surface area (Å²) in [6.07, 6.45) is -2.85. The molecule has 1 N–H and O–H groups in total. The molecule has 2 amide bonds. The van der Waals surface area contributed by atoms with Gasteiger partial charge in [0.1, 0.15) is 5.75 Å². The van der Waals surface area contributed by atoms with Crippen LogP contribution in [0.25, 0.3) is 0 Å². The SMILES string of the molecule is CC(C)[C@@](O)(C(=O)N1CCC([C@@H]2C[C@H]2COc2ccc(C(=O)N(C)C)c(Cl)c2)CC1)C(F)(F)F. The summed E-state index contributed by atoms with van der Waals surface area (Å²) in [6, 6.07) is 4.97. The smallest absolute Gasteiger partial charge is 0.426 e. The zero-order chi connectivity index (χ0) is 25.4. The molecule has 0 aromatic heterocycles. The van der Waals surface area contributed by atoms with Crippen LogP contribution in [0.2, 0.25) is 5.02 Å². The molecule has 1 heterocycles. The monoisotopic (exact) mass is 504 g/mol. The molecule has 6 nitrogen and oxygen atoms in total. The summed E-state index contributed by atoms with van der Waals surface area (Å²) in [4.78, 5) is 27.2. The summed E-state index contributed by atoms with van der Waals surface area (Å²) < 4.78 is 46.2. The van der Waals surface area contributed by atoms with Crippen LogP contribution in [-0.4, -0.2) is 72.3 Å². The van der Waals surface area contributed by atoms with Crippen molar-refractivity contribution in [2.45, 2.75) is 44.9 Å². The van der Waals surface area contributed by atoms with E-state index in [2.05, 4.69) is 0 Å². The highest BCUT2D eigenvalue weighted by Crippen LogP contribution is 2.48. The topological polar surface area (TPSA) is 70.1 Å². The van der Waals surface area contributed by atoms with Gasteiger partial charge in [-0.25, -0.2) is 0 Å². The number of likely N-dealkylation sites (tertiary alicyclic amines) is 1. The van der Waals surface area contributed by atoms with E-state index in [0.29, 0.717) is 53.5 Å². The molecule has 2 aliphatic rings. The van der Waals surface area contributed by atoms with Crippen LogP contribution >= 0.6 is 11.6 Å². The highest BCUT2D eigenvalue weighted by Gasteiger charge is 2.62. The second kappa shape index (κ2) is 9.93. The lowest BCUT2D eigenvalue weighted by atomic mass is 9.85. The molecule has 1 saturated carbocycles. The number of nitrogens with zero attached hydrogens (tertiary/aromatic N) is 2. The molecule has 0 bridgehead atoms. The van der Waals surface area contributed by atoms with Gasteiger partial charge >= 0.3 is 6.18 Å². The first-order valence-electron chi connectivity index (χ1n) is 11.5. The molecule has 1 aromatic rings. The van der Waals surface area contributed by atoms with Gasteiger partial charge in [-0.2, -0.15) is 13.2 Å². The average Bonchev–Trinajstić information content (AvgIpc) is 3.55. The molecule has 1 aromatic carbocycles. The van der Waals surface area contributed by atoms with Gasteiger partial charge in [-0.3, -0.25) is 9.59 Å². The van der Waals surface area contributed by atoms with Gasteiger partial charge in [0.2, 0.25) is 5.60 Å². The Morgan fingerprint density at radius 2 is 1.85 bits per heavy atom. The van der Waals surface area contributed by atoms with E-state index in [1.807, 2.05) is 0 Å². The number of rotatable bonds is 7. The third kappa shape index (κ3) is 5.30. The second-order valence-electron chi connectivity index (χ2n) is 9.86. The number of aliphatic hydroxyl groups is 1. The molecular formula is C24H32ClF3N2O4. The van der Waals surface area contributed by atoms with Crippen molar-refractivity contribution >= 4 is 23.4 Å². The fourth-order valence-electron chi connectivity index (χ4n) is 4.71. The van der Waals surface area contributed by atoms with Gasteiger partial charge in [-0.15, -0.1) is 0 Å². The van der Waals surface area contributed by atoms with Crippen LogP contribution in [0.3, 0.4) is 0 Å². The lowest BCUT2D eigenvalue weighted by Crippen LogP contribution is -2.62. The first kappa shape index (κ1) is 26.6. The van der Waals surface area contributed by atoms with Gasteiger partial charge in [-0.1, -0.05) is 25.4 Å². The van der Waals surface area contributed by atoms with E-state index in [9.17, 15) is 27.9 Å². The van der Waals surface area contributed by atoms with E-state index >= 15 is 0 Å². The van der Waals surface area contributed by atoms with Crippen molar-refractivity contribution in [3.8, 4) is 5.75 Å². The largest absolute Gasteiger partial charge is 0.493 e. The van der Waals surface area contributed by atoms with Crippen LogP contribution in [-0.2, 0) is 4.79 Å². The summed E-state index contributed by atoms with van der Waals surface area (Å²) in [5.74, 6) is -1.11.